The quantitative estimate of drug-likeness (QED) is 0.666. The van der Waals surface area contributed by atoms with Gasteiger partial charge in [0.25, 0.3) is 5.91 Å². The summed E-state index contributed by atoms with van der Waals surface area (Å²) in [6.45, 7) is 0. The number of aromatic amines is 1. The summed E-state index contributed by atoms with van der Waals surface area (Å²) < 4.78 is 1.03. The molecule has 1 aromatic carbocycles. The molecule has 2 N–H and O–H groups in total. The van der Waals surface area contributed by atoms with Crippen molar-refractivity contribution in [3.63, 3.8) is 0 Å². The summed E-state index contributed by atoms with van der Waals surface area (Å²) in [5, 5.41) is 2.88. The van der Waals surface area contributed by atoms with Crippen LogP contribution in [0.25, 0.3) is 21.9 Å². The number of imidazole rings is 1. The zero-order valence-corrected chi connectivity index (χ0v) is 10.5. The Morgan fingerprint density at radius 3 is 3.11 bits per heavy atom. The number of fused-ring (bicyclic) bond motifs is 3. The molecule has 5 nitrogen and oxygen atoms in total. The third kappa shape index (κ3) is 1.50. The van der Waals surface area contributed by atoms with Crippen molar-refractivity contribution in [2.24, 2.45) is 0 Å². The van der Waals surface area contributed by atoms with Crippen molar-refractivity contribution in [1.29, 1.82) is 0 Å². The summed E-state index contributed by atoms with van der Waals surface area (Å²) in [5.74, 6) is -0.0921. The molecule has 1 amide bonds. The third-order valence-electron chi connectivity index (χ3n) is 3.08. The molecule has 1 aliphatic heterocycles. The second-order valence-corrected chi connectivity index (χ2v) is 5.06. The van der Waals surface area contributed by atoms with Crippen molar-refractivity contribution < 1.29 is 4.79 Å². The maximum absolute atomic E-state index is 12.1. The largest absolute Gasteiger partial charge is 0.345 e. The van der Waals surface area contributed by atoms with Crippen molar-refractivity contribution in [2.75, 3.05) is 5.32 Å². The van der Waals surface area contributed by atoms with E-state index in [4.69, 9.17) is 0 Å². The van der Waals surface area contributed by atoms with Crippen molar-refractivity contribution in [1.82, 2.24) is 15.0 Å². The minimum absolute atomic E-state index is 0.0921. The number of thiazole rings is 1. The SMILES string of the molecule is O=C1Nc2ccc3ncsc3c2C1=Cc1cnc[nH]1. The van der Waals surface area contributed by atoms with Crippen LogP contribution < -0.4 is 5.32 Å². The molecule has 0 radical (unpaired) electrons. The molecular weight excluding hydrogens is 260 g/mol. The molecule has 0 atom stereocenters. The van der Waals surface area contributed by atoms with E-state index in [0.29, 0.717) is 5.57 Å². The number of benzene rings is 1. The Morgan fingerprint density at radius 2 is 2.26 bits per heavy atom. The topological polar surface area (TPSA) is 70.7 Å². The molecule has 6 heteroatoms. The summed E-state index contributed by atoms with van der Waals surface area (Å²) >= 11 is 1.54. The summed E-state index contributed by atoms with van der Waals surface area (Å²) in [6, 6.07) is 3.81. The van der Waals surface area contributed by atoms with Gasteiger partial charge in [-0.25, -0.2) is 9.97 Å². The Balaban J connectivity index is 2.00. The average molecular weight is 268 g/mol. The number of nitrogens with one attached hydrogen (secondary N) is 2. The van der Waals surface area contributed by atoms with E-state index < -0.39 is 0 Å². The van der Waals surface area contributed by atoms with Crippen LogP contribution in [0.4, 0.5) is 5.69 Å². The highest BCUT2D eigenvalue weighted by molar-refractivity contribution is 7.17. The van der Waals surface area contributed by atoms with Gasteiger partial charge in [0.1, 0.15) is 0 Å². The fourth-order valence-corrected chi connectivity index (χ4v) is 3.09. The van der Waals surface area contributed by atoms with Crippen molar-refractivity contribution >= 4 is 44.8 Å². The zero-order chi connectivity index (χ0) is 12.8. The van der Waals surface area contributed by atoms with E-state index in [2.05, 4.69) is 20.3 Å². The second kappa shape index (κ2) is 3.76. The van der Waals surface area contributed by atoms with Gasteiger partial charge >= 0.3 is 0 Å². The van der Waals surface area contributed by atoms with Gasteiger partial charge in [-0.3, -0.25) is 4.79 Å². The van der Waals surface area contributed by atoms with E-state index >= 15 is 0 Å². The Labute approximate surface area is 112 Å². The fourth-order valence-electron chi connectivity index (χ4n) is 2.24. The predicted octanol–water partition coefficient (Wildman–Crippen LogP) is 2.51. The van der Waals surface area contributed by atoms with Gasteiger partial charge < -0.3 is 10.3 Å². The van der Waals surface area contributed by atoms with E-state index in [1.54, 1.807) is 29.4 Å². The molecule has 3 aromatic rings. The van der Waals surface area contributed by atoms with Crippen LogP contribution in [0.15, 0.2) is 30.2 Å². The summed E-state index contributed by atoms with van der Waals surface area (Å²) in [7, 11) is 0. The number of nitrogens with zero attached hydrogens (tertiary/aromatic N) is 2. The number of carbonyl (C=O) groups is 1. The lowest BCUT2D eigenvalue weighted by molar-refractivity contribution is -0.110. The van der Waals surface area contributed by atoms with Crippen molar-refractivity contribution in [3.8, 4) is 0 Å². The van der Waals surface area contributed by atoms with Crippen LogP contribution in [-0.2, 0) is 4.79 Å². The van der Waals surface area contributed by atoms with Crippen LogP contribution in [-0.4, -0.2) is 20.9 Å². The first-order valence-corrected chi connectivity index (χ1v) is 6.59. The van der Waals surface area contributed by atoms with E-state index in [1.807, 2.05) is 18.2 Å². The van der Waals surface area contributed by atoms with Crippen molar-refractivity contribution in [3.05, 3.63) is 41.4 Å². The minimum Gasteiger partial charge on any atom is -0.345 e. The molecule has 0 saturated heterocycles. The van der Waals surface area contributed by atoms with Gasteiger partial charge in [-0.1, -0.05) is 0 Å². The Kier molecular flexibility index (Phi) is 2.07. The molecule has 0 saturated carbocycles. The number of amides is 1. The molecule has 2 aromatic heterocycles. The van der Waals surface area contributed by atoms with Gasteiger partial charge in [-0.05, 0) is 18.2 Å². The Bertz CT molecular complexity index is 816. The van der Waals surface area contributed by atoms with Crippen LogP contribution in [0.1, 0.15) is 11.3 Å². The average Bonchev–Trinajstić information content (AvgIpc) is 3.10. The molecule has 0 unspecified atom stereocenters. The smallest absolute Gasteiger partial charge is 0.256 e. The summed E-state index contributed by atoms with van der Waals surface area (Å²) in [6.07, 6.45) is 5.09. The second-order valence-electron chi connectivity index (χ2n) is 4.21. The van der Waals surface area contributed by atoms with Crippen molar-refractivity contribution in [2.45, 2.75) is 0 Å². The highest BCUT2D eigenvalue weighted by atomic mass is 32.1. The lowest BCUT2D eigenvalue weighted by Crippen LogP contribution is -2.03. The maximum Gasteiger partial charge on any atom is 0.256 e. The van der Waals surface area contributed by atoms with E-state index in [-0.39, 0.29) is 5.91 Å². The molecule has 3 heterocycles. The van der Waals surface area contributed by atoms with Crippen LogP contribution >= 0.6 is 11.3 Å². The van der Waals surface area contributed by atoms with E-state index in [0.717, 1.165) is 27.2 Å². The van der Waals surface area contributed by atoms with Gasteiger partial charge in [0.2, 0.25) is 0 Å². The van der Waals surface area contributed by atoms with E-state index in [1.165, 1.54) is 0 Å². The molecule has 4 rings (SSSR count). The van der Waals surface area contributed by atoms with Gasteiger partial charge in [0.05, 0.1) is 45.2 Å². The molecular formula is C13H8N4OS. The van der Waals surface area contributed by atoms with Crippen LogP contribution in [0.2, 0.25) is 0 Å². The summed E-state index contributed by atoms with van der Waals surface area (Å²) in [4.78, 5) is 23.3. The molecule has 0 spiro atoms. The highest BCUT2D eigenvalue weighted by Crippen LogP contribution is 2.39. The van der Waals surface area contributed by atoms with Crippen LogP contribution in [0.3, 0.4) is 0 Å². The molecule has 19 heavy (non-hydrogen) atoms. The molecule has 1 aliphatic rings. The molecule has 92 valence electrons. The first kappa shape index (κ1) is 10.5. The number of aromatic nitrogens is 3. The lowest BCUT2D eigenvalue weighted by Gasteiger charge is -1.99. The standard InChI is InChI=1S/C13H8N4OS/c18-13-8(3-7-4-14-5-15-7)11-9(17-13)1-2-10-12(11)19-6-16-10/h1-6H,(H,14,15)(H,17,18). The first-order chi connectivity index (χ1) is 9.33. The number of hydrogen-bond donors (Lipinski definition) is 2. The molecule has 0 fully saturated rings. The maximum atomic E-state index is 12.1. The normalized spacial score (nSPS) is 16.0. The Hall–Kier alpha value is -2.47. The number of hydrogen-bond acceptors (Lipinski definition) is 4. The van der Waals surface area contributed by atoms with Gasteiger partial charge in [0.15, 0.2) is 0 Å². The number of carbonyl (C=O) groups excluding carboxylic acids is 1. The van der Waals surface area contributed by atoms with E-state index in [9.17, 15) is 4.79 Å². The summed E-state index contributed by atoms with van der Waals surface area (Å²) in [5.41, 5.74) is 5.93. The van der Waals surface area contributed by atoms with Crippen LogP contribution in [0, 0.1) is 0 Å². The monoisotopic (exact) mass is 268 g/mol. The van der Waals surface area contributed by atoms with Gasteiger partial charge in [-0.2, -0.15) is 0 Å². The number of anilines is 1. The predicted molar refractivity (Wildman–Crippen MR) is 74.7 cm³/mol. The number of H-pyrrole nitrogens is 1. The van der Waals surface area contributed by atoms with Crippen LogP contribution in [0.5, 0.6) is 0 Å². The molecule has 0 bridgehead atoms. The number of rotatable bonds is 1. The van der Waals surface area contributed by atoms with Gasteiger partial charge in [0, 0.05) is 5.56 Å². The molecule has 0 aliphatic carbocycles. The first-order valence-electron chi connectivity index (χ1n) is 5.71. The minimum atomic E-state index is -0.0921. The highest BCUT2D eigenvalue weighted by Gasteiger charge is 2.27. The zero-order valence-electron chi connectivity index (χ0n) is 9.68. The fraction of sp³-hybridized carbons (Fsp3) is 0. The third-order valence-corrected chi connectivity index (χ3v) is 3.94. The van der Waals surface area contributed by atoms with Gasteiger partial charge in [-0.15, -0.1) is 11.3 Å². The Morgan fingerprint density at radius 1 is 1.32 bits per heavy atom. The lowest BCUT2D eigenvalue weighted by atomic mass is 10.1.